The Hall–Kier alpha value is -1.59. The number of nitrogens with zero attached hydrogens (tertiary/aromatic N) is 2. The fourth-order valence-corrected chi connectivity index (χ4v) is 2.01. The molecule has 2 N–H and O–H groups in total. The Kier molecular flexibility index (Phi) is 3.84. The number of likely N-dealkylation sites (N-methyl/N-ethyl adjacent to an activating group) is 1. The van der Waals surface area contributed by atoms with E-state index in [0.29, 0.717) is 5.56 Å². The third-order valence-electron chi connectivity index (χ3n) is 3.26. The van der Waals surface area contributed by atoms with Crippen molar-refractivity contribution in [2.24, 2.45) is 0 Å². The third-order valence-corrected chi connectivity index (χ3v) is 3.26. The van der Waals surface area contributed by atoms with Gasteiger partial charge in [0.2, 0.25) is 0 Å². The van der Waals surface area contributed by atoms with Crippen molar-refractivity contribution in [2.75, 3.05) is 38.7 Å². The number of anilines is 1. The Labute approximate surface area is 107 Å². The molecule has 0 spiro atoms. The van der Waals surface area contributed by atoms with Crippen LogP contribution in [0.4, 0.5) is 5.69 Å². The normalized spacial score (nSPS) is 17.7. The minimum Gasteiger partial charge on any atom is -0.478 e. The zero-order chi connectivity index (χ0) is 13.1. The third kappa shape index (κ3) is 3.00. The van der Waals surface area contributed by atoms with Gasteiger partial charge in [-0.25, -0.2) is 9.80 Å². The molecule has 18 heavy (non-hydrogen) atoms. The number of hydrogen-bond acceptors (Lipinski definition) is 4. The van der Waals surface area contributed by atoms with Gasteiger partial charge in [0, 0.05) is 26.2 Å². The number of hydrogen-bond donors (Lipinski definition) is 2. The van der Waals surface area contributed by atoms with Gasteiger partial charge in [-0.2, -0.15) is 0 Å². The summed E-state index contributed by atoms with van der Waals surface area (Å²) in [6.07, 6.45) is 0. The summed E-state index contributed by atoms with van der Waals surface area (Å²) >= 11 is 0. The van der Waals surface area contributed by atoms with E-state index in [4.69, 9.17) is 5.11 Å². The van der Waals surface area contributed by atoms with Crippen LogP contribution in [0.5, 0.6) is 0 Å². The molecule has 1 fully saturated rings. The highest BCUT2D eigenvalue weighted by atomic mass is 16.4. The fourth-order valence-electron chi connectivity index (χ4n) is 2.01. The van der Waals surface area contributed by atoms with Crippen molar-refractivity contribution in [3.8, 4) is 0 Å². The average molecular weight is 249 g/mol. The van der Waals surface area contributed by atoms with Gasteiger partial charge in [-0.15, -0.1) is 0 Å². The molecule has 5 nitrogen and oxygen atoms in total. The van der Waals surface area contributed by atoms with Gasteiger partial charge < -0.3 is 15.4 Å². The molecule has 0 radical (unpaired) electrons. The molecule has 1 aromatic carbocycles. The lowest BCUT2D eigenvalue weighted by molar-refractivity contribution is 0.0697. The van der Waals surface area contributed by atoms with Crippen LogP contribution in [0.25, 0.3) is 0 Å². The van der Waals surface area contributed by atoms with Crippen molar-refractivity contribution < 1.29 is 9.90 Å². The zero-order valence-corrected chi connectivity index (χ0v) is 10.8. The summed E-state index contributed by atoms with van der Waals surface area (Å²) in [6.45, 7) is 5.94. The number of piperazine rings is 1. The highest BCUT2D eigenvalue weighted by Gasteiger charge is 2.14. The van der Waals surface area contributed by atoms with Crippen molar-refractivity contribution in [1.29, 1.82) is 0 Å². The maximum atomic E-state index is 10.9. The first-order valence-electron chi connectivity index (χ1n) is 6.10. The number of hydrazine groups is 1. The topological polar surface area (TPSA) is 55.8 Å². The van der Waals surface area contributed by atoms with Gasteiger partial charge in [-0.1, -0.05) is 0 Å². The Morgan fingerprint density at radius 1 is 1.28 bits per heavy atom. The van der Waals surface area contributed by atoms with Gasteiger partial charge in [0.1, 0.15) is 0 Å². The molecule has 0 bridgehead atoms. The van der Waals surface area contributed by atoms with E-state index >= 15 is 0 Å². The zero-order valence-electron chi connectivity index (χ0n) is 10.8. The summed E-state index contributed by atoms with van der Waals surface area (Å²) in [6, 6.07) is 5.16. The molecule has 0 aromatic heterocycles. The smallest absolute Gasteiger partial charge is 0.335 e. The van der Waals surface area contributed by atoms with Crippen molar-refractivity contribution in [3.63, 3.8) is 0 Å². The van der Waals surface area contributed by atoms with Gasteiger partial charge >= 0.3 is 5.97 Å². The highest BCUT2D eigenvalue weighted by molar-refractivity contribution is 5.88. The first kappa shape index (κ1) is 12.9. The van der Waals surface area contributed by atoms with Crippen LogP contribution in [0.2, 0.25) is 0 Å². The molecule has 0 amide bonds. The van der Waals surface area contributed by atoms with E-state index in [9.17, 15) is 4.79 Å². The van der Waals surface area contributed by atoms with E-state index in [1.165, 1.54) is 0 Å². The standard InChI is InChI=1S/C13H19N3O2/c1-10-9-11(13(17)18)3-4-12(10)14-16-7-5-15(2)6-8-16/h3-4,9,14H,5-8H2,1-2H3,(H,17,18). The lowest BCUT2D eigenvalue weighted by Crippen LogP contribution is -2.47. The second-order valence-corrected chi connectivity index (χ2v) is 4.74. The van der Waals surface area contributed by atoms with Crippen LogP contribution < -0.4 is 5.43 Å². The number of carboxylic acids is 1. The van der Waals surface area contributed by atoms with Crippen molar-refractivity contribution in [3.05, 3.63) is 29.3 Å². The number of benzene rings is 1. The molecule has 0 atom stereocenters. The molecule has 1 saturated heterocycles. The van der Waals surface area contributed by atoms with E-state index in [-0.39, 0.29) is 0 Å². The molecule has 0 unspecified atom stereocenters. The van der Waals surface area contributed by atoms with E-state index in [0.717, 1.165) is 37.4 Å². The fraction of sp³-hybridized carbons (Fsp3) is 0.462. The maximum absolute atomic E-state index is 10.9. The number of rotatable bonds is 3. The second kappa shape index (κ2) is 5.37. The van der Waals surface area contributed by atoms with Crippen molar-refractivity contribution >= 4 is 11.7 Å². The molecule has 1 aromatic rings. The molecule has 5 heteroatoms. The van der Waals surface area contributed by atoms with Crippen molar-refractivity contribution in [1.82, 2.24) is 9.91 Å². The van der Waals surface area contributed by atoms with Crippen molar-refractivity contribution in [2.45, 2.75) is 6.92 Å². The Morgan fingerprint density at radius 2 is 1.94 bits per heavy atom. The van der Waals surface area contributed by atoms with Crippen LogP contribution in [0.3, 0.4) is 0 Å². The first-order valence-corrected chi connectivity index (χ1v) is 6.10. The van der Waals surface area contributed by atoms with E-state index in [1.807, 2.05) is 13.0 Å². The SMILES string of the molecule is Cc1cc(C(=O)O)ccc1NN1CCN(C)CC1. The van der Waals surface area contributed by atoms with Crippen LogP contribution in [0, 0.1) is 6.92 Å². The monoisotopic (exact) mass is 249 g/mol. The number of carbonyl (C=O) groups is 1. The second-order valence-electron chi connectivity index (χ2n) is 4.74. The summed E-state index contributed by atoms with van der Waals surface area (Å²) in [7, 11) is 2.12. The van der Waals surface area contributed by atoms with Gasteiger partial charge in [0.05, 0.1) is 11.3 Å². The molecule has 1 aliphatic rings. The largest absolute Gasteiger partial charge is 0.478 e. The Balaban J connectivity index is 2.03. The Bertz CT molecular complexity index is 440. The van der Waals surface area contributed by atoms with Gasteiger partial charge in [-0.05, 0) is 37.7 Å². The lowest BCUT2D eigenvalue weighted by Gasteiger charge is -2.33. The first-order chi connectivity index (χ1) is 8.56. The minimum absolute atomic E-state index is 0.330. The maximum Gasteiger partial charge on any atom is 0.335 e. The summed E-state index contributed by atoms with van der Waals surface area (Å²) in [4.78, 5) is 13.1. The van der Waals surface area contributed by atoms with Crippen LogP contribution in [0.1, 0.15) is 15.9 Å². The summed E-state index contributed by atoms with van der Waals surface area (Å²) in [5, 5.41) is 11.1. The van der Waals surface area contributed by atoms with E-state index in [2.05, 4.69) is 22.4 Å². The van der Waals surface area contributed by atoms with Crippen LogP contribution >= 0.6 is 0 Å². The van der Waals surface area contributed by atoms with Crippen LogP contribution in [-0.4, -0.2) is 54.2 Å². The molecule has 0 aliphatic carbocycles. The van der Waals surface area contributed by atoms with Crippen LogP contribution in [-0.2, 0) is 0 Å². The minimum atomic E-state index is -0.885. The molecule has 1 heterocycles. The molecule has 1 aliphatic heterocycles. The summed E-state index contributed by atoms with van der Waals surface area (Å²) < 4.78 is 0. The molecule has 2 rings (SSSR count). The highest BCUT2D eigenvalue weighted by Crippen LogP contribution is 2.17. The lowest BCUT2D eigenvalue weighted by atomic mass is 10.1. The number of carboxylic acid groups (broad SMARTS) is 1. The Morgan fingerprint density at radius 3 is 2.50 bits per heavy atom. The molecular weight excluding hydrogens is 230 g/mol. The van der Waals surface area contributed by atoms with Gasteiger partial charge in [-0.3, -0.25) is 0 Å². The number of aryl methyl sites for hydroxylation is 1. The molecule has 0 saturated carbocycles. The number of aromatic carboxylic acids is 1. The van der Waals surface area contributed by atoms with E-state index < -0.39 is 5.97 Å². The quantitative estimate of drug-likeness (QED) is 0.845. The molecule has 98 valence electrons. The van der Waals surface area contributed by atoms with E-state index in [1.54, 1.807) is 12.1 Å². The predicted octanol–water partition coefficient (Wildman–Crippen LogP) is 1.27. The number of nitrogens with one attached hydrogen (secondary N) is 1. The summed E-state index contributed by atoms with van der Waals surface area (Å²) in [5.74, 6) is -0.885. The predicted molar refractivity (Wildman–Crippen MR) is 70.8 cm³/mol. The molecular formula is C13H19N3O2. The average Bonchev–Trinajstić information content (AvgIpc) is 2.34. The van der Waals surface area contributed by atoms with Gasteiger partial charge in [0.15, 0.2) is 0 Å². The summed E-state index contributed by atoms with van der Waals surface area (Å²) in [5.41, 5.74) is 5.61. The van der Waals surface area contributed by atoms with Crippen LogP contribution in [0.15, 0.2) is 18.2 Å². The van der Waals surface area contributed by atoms with Gasteiger partial charge in [0.25, 0.3) is 0 Å².